The molecule has 1 heterocycles. The van der Waals surface area contributed by atoms with Gasteiger partial charge in [0.05, 0.1) is 18.7 Å². The zero-order valence-corrected chi connectivity index (χ0v) is 12.1. The summed E-state index contributed by atoms with van der Waals surface area (Å²) in [5.41, 5.74) is 0.662. The molecular weight excluding hydrogens is 262 g/mol. The van der Waals surface area contributed by atoms with Crippen molar-refractivity contribution in [3.05, 3.63) is 28.8 Å². The van der Waals surface area contributed by atoms with Crippen molar-refractivity contribution in [2.45, 2.75) is 25.7 Å². The predicted molar refractivity (Wildman–Crippen MR) is 77.2 cm³/mol. The number of carbonyl (C=O) groups excluding carboxylic acids is 1. The first kappa shape index (κ1) is 14.4. The number of carbonyl (C=O) groups is 1. The van der Waals surface area contributed by atoms with Gasteiger partial charge in [0.2, 0.25) is 0 Å². The summed E-state index contributed by atoms with van der Waals surface area (Å²) in [6, 6.07) is 5.23. The molecule has 0 N–H and O–H groups in total. The molecule has 1 aromatic carbocycles. The lowest BCUT2D eigenvalue weighted by Gasteiger charge is -2.18. The van der Waals surface area contributed by atoms with Crippen LogP contribution in [0.25, 0.3) is 0 Å². The van der Waals surface area contributed by atoms with Gasteiger partial charge in [0.15, 0.2) is 5.78 Å². The molecule has 3 nitrogen and oxygen atoms in total. The van der Waals surface area contributed by atoms with Gasteiger partial charge in [0.25, 0.3) is 0 Å². The minimum absolute atomic E-state index is 0.131. The van der Waals surface area contributed by atoms with Crippen molar-refractivity contribution in [2.75, 3.05) is 26.7 Å². The smallest absolute Gasteiger partial charge is 0.176 e. The number of likely N-dealkylation sites (tertiary alicyclic amines) is 1. The molecule has 0 aliphatic carbocycles. The highest BCUT2D eigenvalue weighted by molar-refractivity contribution is 6.32. The van der Waals surface area contributed by atoms with E-state index in [1.807, 2.05) is 0 Å². The Morgan fingerprint density at radius 3 is 2.53 bits per heavy atom. The first-order valence-corrected chi connectivity index (χ1v) is 7.17. The minimum Gasteiger partial charge on any atom is -0.495 e. The molecule has 19 heavy (non-hydrogen) atoms. The molecular formula is C15H20ClNO2. The van der Waals surface area contributed by atoms with Crippen LogP contribution in [0.5, 0.6) is 5.75 Å². The molecule has 4 heteroatoms. The van der Waals surface area contributed by atoms with Crippen LogP contribution in [0.3, 0.4) is 0 Å². The fourth-order valence-corrected chi connectivity index (χ4v) is 2.69. The van der Waals surface area contributed by atoms with Crippen molar-refractivity contribution in [2.24, 2.45) is 0 Å². The number of Topliss-reactive ketones (excluding diaryl/α,β-unsaturated/α-hetero) is 1. The van der Waals surface area contributed by atoms with Gasteiger partial charge in [-0.15, -0.1) is 0 Å². The molecule has 0 radical (unpaired) electrons. The van der Waals surface area contributed by atoms with Crippen molar-refractivity contribution >= 4 is 17.4 Å². The van der Waals surface area contributed by atoms with E-state index < -0.39 is 0 Å². The number of methoxy groups -OCH3 is 1. The van der Waals surface area contributed by atoms with Crippen LogP contribution >= 0.6 is 11.6 Å². The fourth-order valence-electron chi connectivity index (χ4n) is 2.43. The summed E-state index contributed by atoms with van der Waals surface area (Å²) in [5.74, 6) is 0.736. The van der Waals surface area contributed by atoms with Crippen LogP contribution in [0.1, 0.15) is 36.0 Å². The van der Waals surface area contributed by atoms with Crippen molar-refractivity contribution in [3.63, 3.8) is 0 Å². The Morgan fingerprint density at radius 2 is 1.95 bits per heavy atom. The number of ether oxygens (including phenoxy) is 1. The number of hydrogen-bond donors (Lipinski definition) is 0. The van der Waals surface area contributed by atoms with Gasteiger partial charge in [-0.1, -0.05) is 24.4 Å². The highest BCUT2D eigenvalue weighted by Gasteiger charge is 2.15. The van der Waals surface area contributed by atoms with E-state index in [4.69, 9.17) is 16.3 Å². The third-order valence-electron chi connectivity index (χ3n) is 3.54. The Morgan fingerprint density at radius 1 is 1.26 bits per heavy atom. The molecule has 0 atom stereocenters. The maximum absolute atomic E-state index is 12.2. The second kappa shape index (κ2) is 6.92. The molecule has 1 fully saturated rings. The van der Waals surface area contributed by atoms with Crippen LogP contribution < -0.4 is 4.74 Å². The Labute approximate surface area is 119 Å². The second-order valence-electron chi connectivity index (χ2n) is 4.96. The van der Waals surface area contributed by atoms with E-state index in [0.717, 1.165) is 13.1 Å². The molecule has 2 rings (SSSR count). The average Bonchev–Trinajstić information content (AvgIpc) is 2.67. The Kier molecular flexibility index (Phi) is 5.23. The van der Waals surface area contributed by atoms with Crippen LogP contribution in [0.2, 0.25) is 5.02 Å². The third-order valence-corrected chi connectivity index (χ3v) is 3.84. The average molecular weight is 282 g/mol. The molecule has 1 aliphatic heterocycles. The van der Waals surface area contributed by atoms with Gasteiger partial charge in [-0.2, -0.15) is 0 Å². The normalized spacial score (nSPS) is 16.9. The van der Waals surface area contributed by atoms with Gasteiger partial charge in [-0.25, -0.2) is 0 Å². The van der Waals surface area contributed by atoms with Gasteiger partial charge in [-0.3, -0.25) is 9.69 Å². The molecule has 104 valence electrons. The first-order valence-electron chi connectivity index (χ1n) is 6.80. The van der Waals surface area contributed by atoms with E-state index >= 15 is 0 Å². The summed E-state index contributed by atoms with van der Waals surface area (Å²) >= 11 is 6.05. The maximum Gasteiger partial charge on any atom is 0.176 e. The molecule has 0 aromatic heterocycles. The van der Waals surface area contributed by atoms with Crippen LogP contribution in [0.15, 0.2) is 18.2 Å². The van der Waals surface area contributed by atoms with E-state index in [1.54, 1.807) is 25.3 Å². The van der Waals surface area contributed by atoms with Gasteiger partial charge in [0, 0.05) is 5.56 Å². The van der Waals surface area contributed by atoms with E-state index in [9.17, 15) is 4.79 Å². The Hall–Kier alpha value is -1.06. The number of ketones is 1. The number of rotatable bonds is 4. The lowest BCUT2D eigenvalue weighted by molar-refractivity contribution is 0.0933. The number of halogens is 1. The topological polar surface area (TPSA) is 29.5 Å². The molecule has 1 aromatic rings. The second-order valence-corrected chi connectivity index (χ2v) is 5.37. The van der Waals surface area contributed by atoms with E-state index in [1.165, 1.54) is 25.7 Å². The zero-order valence-electron chi connectivity index (χ0n) is 11.3. The lowest BCUT2D eigenvalue weighted by Crippen LogP contribution is -2.30. The van der Waals surface area contributed by atoms with Gasteiger partial charge >= 0.3 is 0 Å². The van der Waals surface area contributed by atoms with E-state index in [2.05, 4.69) is 4.90 Å². The van der Waals surface area contributed by atoms with E-state index in [-0.39, 0.29) is 5.78 Å². The molecule has 0 spiro atoms. The van der Waals surface area contributed by atoms with E-state index in [0.29, 0.717) is 22.9 Å². The minimum atomic E-state index is 0.131. The summed E-state index contributed by atoms with van der Waals surface area (Å²) in [6.07, 6.45) is 4.94. The Bertz CT molecular complexity index is 440. The summed E-state index contributed by atoms with van der Waals surface area (Å²) in [4.78, 5) is 14.5. The highest BCUT2D eigenvalue weighted by Crippen LogP contribution is 2.25. The number of nitrogens with zero attached hydrogens (tertiary/aromatic N) is 1. The standard InChI is InChI=1S/C15H20ClNO2/c1-19-15-7-6-12(10-13(15)16)14(18)11-17-8-4-2-3-5-9-17/h6-7,10H,2-5,8-9,11H2,1H3. The summed E-state index contributed by atoms with van der Waals surface area (Å²) < 4.78 is 5.09. The predicted octanol–water partition coefficient (Wildman–Crippen LogP) is 3.41. The fraction of sp³-hybridized carbons (Fsp3) is 0.533. The summed E-state index contributed by atoms with van der Waals surface area (Å²) in [6.45, 7) is 2.54. The summed E-state index contributed by atoms with van der Waals surface area (Å²) in [7, 11) is 1.57. The van der Waals surface area contributed by atoms with Crippen LogP contribution in [-0.4, -0.2) is 37.4 Å². The van der Waals surface area contributed by atoms with Crippen molar-refractivity contribution in [1.82, 2.24) is 4.90 Å². The third kappa shape index (κ3) is 3.95. The molecule has 0 saturated carbocycles. The molecule has 0 unspecified atom stereocenters. The largest absolute Gasteiger partial charge is 0.495 e. The first-order chi connectivity index (χ1) is 9.20. The molecule has 1 saturated heterocycles. The quantitative estimate of drug-likeness (QED) is 0.792. The number of benzene rings is 1. The molecule has 0 amide bonds. The SMILES string of the molecule is COc1ccc(C(=O)CN2CCCCCC2)cc1Cl. The zero-order chi connectivity index (χ0) is 13.7. The van der Waals surface area contributed by atoms with Crippen LogP contribution in [0, 0.1) is 0 Å². The van der Waals surface area contributed by atoms with Gasteiger partial charge in [0.1, 0.15) is 5.75 Å². The highest BCUT2D eigenvalue weighted by atomic mass is 35.5. The maximum atomic E-state index is 12.2. The summed E-state index contributed by atoms with van der Waals surface area (Å²) in [5, 5.41) is 0.490. The van der Waals surface area contributed by atoms with Crippen molar-refractivity contribution in [3.8, 4) is 5.75 Å². The Balaban J connectivity index is 2.00. The molecule has 1 aliphatic rings. The van der Waals surface area contributed by atoms with Crippen LogP contribution in [-0.2, 0) is 0 Å². The van der Waals surface area contributed by atoms with Gasteiger partial charge < -0.3 is 4.74 Å². The molecule has 0 bridgehead atoms. The monoisotopic (exact) mass is 281 g/mol. The van der Waals surface area contributed by atoms with Gasteiger partial charge in [-0.05, 0) is 44.1 Å². The van der Waals surface area contributed by atoms with Crippen molar-refractivity contribution < 1.29 is 9.53 Å². The van der Waals surface area contributed by atoms with Crippen LogP contribution in [0.4, 0.5) is 0 Å². The number of hydrogen-bond acceptors (Lipinski definition) is 3. The lowest BCUT2D eigenvalue weighted by atomic mass is 10.1. The van der Waals surface area contributed by atoms with Crippen molar-refractivity contribution in [1.29, 1.82) is 0 Å².